The summed E-state index contributed by atoms with van der Waals surface area (Å²) in [5.74, 6) is 0.629. The van der Waals surface area contributed by atoms with Crippen LogP contribution >= 0.6 is 0 Å². The predicted octanol–water partition coefficient (Wildman–Crippen LogP) is 4.56. The van der Waals surface area contributed by atoms with E-state index in [0.717, 1.165) is 37.0 Å². The third kappa shape index (κ3) is 6.89. The van der Waals surface area contributed by atoms with E-state index in [9.17, 15) is 13.2 Å². The van der Waals surface area contributed by atoms with Crippen molar-refractivity contribution in [2.75, 3.05) is 48.5 Å². The van der Waals surface area contributed by atoms with Crippen molar-refractivity contribution < 1.29 is 23.1 Å². The standard InChI is InChI=1S/C30H34N6O5S/c1-41-26-19-21(36-17-14-20(15-18-36)31-16-13-28(37)38)11-12-24(26)34-30-33-23-8-4-3-7-22(23)29(35-30)32-25-9-5-6-10-27(25)42(2,39)40/h3-12,19-20,31H,13-18H2,1-2H3,(H,37,38)(H2,32,33,34,35). The number of nitrogens with zero attached hydrogens (tertiary/aromatic N) is 3. The molecule has 0 bridgehead atoms. The van der Waals surface area contributed by atoms with Gasteiger partial charge in [0.05, 0.1) is 35.3 Å². The maximum absolute atomic E-state index is 12.4. The van der Waals surface area contributed by atoms with Gasteiger partial charge in [0.15, 0.2) is 9.84 Å². The molecule has 0 radical (unpaired) electrons. The zero-order chi connectivity index (χ0) is 29.7. The van der Waals surface area contributed by atoms with Crippen molar-refractivity contribution in [1.82, 2.24) is 15.3 Å². The second-order valence-corrected chi connectivity index (χ2v) is 12.2. The molecular formula is C30H34N6O5S. The van der Waals surface area contributed by atoms with Gasteiger partial charge in [-0.25, -0.2) is 13.4 Å². The van der Waals surface area contributed by atoms with Crippen molar-refractivity contribution in [3.8, 4) is 5.75 Å². The Bertz CT molecular complexity index is 1690. The summed E-state index contributed by atoms with van der Waals surface area (Å²) in [7, 11) is -1.86. The number of benzene rings is 3. The number of hydrogen-bond acceptors (Lipinski definition) is 10. The molecular weight excluding hydrogens is 556 g/mol. The topological polar surface area (TPSA) is 146 Å². The van der Waals surface area contributed by atoms with Crippen molar-refractivity contribution in [2.24, 2.45) is 0 Å². The number of methoxy groups -OCH3 is 1. The van der Waals surface area contributed by atoms with Gasteiger partial charge in [-0.3, -0.25) is 4.79 Å². The smallest absolute Gasteiger partial charge is 0.304 e. The Labute approximate surface area is 244 Å². The minimum atomic E-state index is -3.47. The summed E-state index contributed by atoms with van der Waals surface area (Å²) in [6.45, 7) is 2.17. The molecule has 1 aliphatic heterocycles. The van der Waals surface area contributed by atoms with E-state index in [1.54, 1.807) is 31.4 Å². The van der Waals surface area contributed by atoms with E-state index in [4.69, 9.17) is 14.8 Å². The molecule has 12 heteroatoms. The molecule has 5 rings (SSSR count). The number of aliphatic carboxylic acids is 1. The Balaban J connectivity index is 1.36. The molecule has 0 atom stereocenters. The minimum absolute atomic E-state index is 0.123. The number of nitrogens with one attached hydrogen (secondary N) is 3. The molecule has 3 aromatic carbocycles. The van der Waals surface area contributed by atoms with Gasteiger partial charge < -0.3 is 30.7 Å². The van der Waals surface area contributed by atoms with Crippen molar-refractivity contribution in [1.29, 1.82) is 0 Å². The van der Waals surface area contributed by atoms with E-state index >= 15 is 0 Å². The molecule has 2 heterocycles. The van der Waals surface area contributed by atoms with Gasteiger partial charge in [0.25, 0.3) is 0 Å². The summed E-state index contributed by atoms with van der Waals surface area (Å²) < 4.78 is 30.5. The highest BCUT2D eigenvalue weighted by Crippen LogP contribution is 2.34. The highest BCUT2D eigenvalue weighted by molar-refractivity contribution is 7.90. The molecule has 11 nitrogen and oxygen atoms in total. The summed E-state index contributed by atoms with van der Waals surface area (Å²) in [4.78, 5) is 22.6. The van der Waals surface area contributed by atoms with Crippen LogP contribution in [-0.2, 0) is 14.6 Å². The Morgan fingerprint density at radius 1 is 1.00 bits per heavy atom. The van der Waals surface area contributed by atoms with Gasteiger partial charge in [-0.15, -0.1) is 0 Å². The fourth-order valence-electron chi connectivity index (χ4n) is 5.07. The SMILES string of the molecule is COc1cc(N2CCC(NCCC(=O)O)CC2)ccc1Nc1nc(Nc2ccccc2S(C)(=O)=O)c2ccccc2n1. The van der Waals surface area contributed by atoms with Crippen LogP contribution in [0.25, 0.3) is 10.9 Å². The number of fused-ring (bicyclic) bond motifs is 1. The molecule has 4 N–H and O–H groups in total. The number of carboxylic acid groups (broad SMARTS) is 1. The number of rotatable bonds is 11. The monoisotopic (exact) mass is 590 g/mol. The first-order valence-electron chi connectivity index (χ1n) is 13.7. The summed E-state index contributed by atoms with van der Waals surface area (Å²) in [5.41, 5.74) is 2.83. The number of piperidine rings is 1. The molecule has 220 valence electrons. The van der Waals surface area contributed by atoms with Gasteiger partial charge in [0.1, 0.15) is 11.6 Å². The average molecular weight is 591 g/mol. The fraction of sp³-hybridized carbons (Fsp3) is 0.300. The number of hydrogen-bond donors (Lipinski definition) is 4. The van der Waals surface area contributed by atoms with Crippen molar-refractivity contribution in [2.45, 2.75) is 30.2 Å². The Kier molecular flexibility index (Phi) is 8.74. The van der Waals surface area contributed by atoms with Gasteiger partial charge in [-0.2, -0.15) is 4.98 Å². The molecule has 1 fully saturated rings. The molecule has 1 aliphatic rings. The lowest BCUT2D eigenvalue weighted by Crippen LogP contribution is -2.43. The van der Waals surface area contributed by atoms with Crippen LogP contribution in [0.2, 0.25) is 0 Å². The average Bonchev–Trinajstić information content (AvgIpc) is 2.97. The van der Waals surface area contributed by atoms with Crippen LogP contribution in [-0.4, -0.2) is 68.5 Å². The Morgan fingerprint density at radius 2 is 1.74 bits per heavy atom. The normalized spacial score (nSPS) is 14.1. The van der Waals surface area contributed by atoms with Crippen molar-refractivity contribution >= 4 is 55.5 Å². The van der Waals surface area contributed by atoms with Gasteiger partial charge >= 0.3 is 5.97 Å². The lowest BCUT2D eigenvalue weighted by Gasteiger charge is -2.34. The molecule has 0 spiro atoms. The van der Waals surface area contributed by atoms with Crippen LogP contribution in [0.3, 0.4) is 0 Å². The number of sulfone groups is 1. The molecule has 4 aromatic rings. The van der Waals surface area contributed by atoms with E-state index in [1.165, 1.54) is 6.26 Å². The first-order chi connectivity index (χ1) is 20.2. The quantitative estimate of drug-likeness (QED) is 0.195. The first kappa shape index (κ1) is 29.1. The number of carboxylic acids is 1. The second kappa shape index (κ2) is 12.6. The summed E-state index contributed by atoms with van der Waals surface area (Å²) in [6, 6.07) is 20.5. The van der Waals surface area contributed by atoms with Crippen LogP contribution in [0, 0.1) is 0 Å². The summed E-state index contributed by atoms with van der Waals surface area (Å²) in [5, 5.41) is 19.4. The van der Waals surface area contributed by atoms with Crippen LogP contribution in [0.1, 0.15) is 19.3 Å². The van der Waals surface area contributed by atoms with E-state index in [0.29, 0.717) is 47.0 Å². The number of ether oxygens (including phenoxy) is 1. The van der Waals surface area contributed by atoms with E-state index in [-0.39, 0.29) is 11.3 Å². The highest BCUT2D eigenvalue weighted by Gasteiger charge is 2.21. The Morgan fingerprint density at radius 3 is 2.48 bits per heavy atom. The molecule has 0 unspecified atom stereocenters. The van der Waals surface area contributed by atoms with E-state index in [1.807, 2.05) is 42.5 Å². The van der Waals surface area contributed by atoms with Gasteiger partial charge in [-0.1, -0.05) is 24.3 Å². The highest BCUT2D eigenvalue weighted by atomic mass is 32.2. The van der Waals surface area contributed by atoms with Crippen LogP contribution < -0.4 is 25.6 Å². The fourth-order valence-corrected chi connectivity index (χ4v) is 5.92. The second-order valence-electron chi connectivity index (χ2n) is 10.2. The van der Waals surface area contributed by atoms with E-state index < -0.39 is 15.8 Å². The zero-order valence-electron chi connectivity index (χ0n) is 23.5. The first-order valence-corrected chi connectivity index (χ1v) is 15.6. The third-order valence-electron chi connectivity index (χ3n) is 7.21. The molecule has 0 saturated carbocycles. The van der Waals surface area contributed by atoms with Crippen molar-refractivity contribution in [3.05, 3.63) is 66.7 Å². The molecule has 1 saturated heterocycles. The van der Waals surface area contributed by atoms with Gasteiger partial charge in [-0.05, 0) is 49.2 Å². The molecule has 1 aromatic heterocycles. The number of para-hydroxylation sites is 2. The number of aromatic nitrogens is 2. The largest absolute Gasteiger partial charge is 0.494 e. The van der Waals surface area contributed by atoms with E-state index in [2.05, 4.69) is 25.8 Å². The number of anilines is 5. The third-order valence-corrected chi connectivity index (χ3v) is 8.36. The predicted molar refractivity (Wildman–Crippen MR) is 164 cm³/mol. The molecule has 0 amide bonds. The van der Waals surface area contributed by atoms with Crippen LogP contribution in [0.4, 0.5) is 28.8 Å². The molecule has 42 heavy (non-hydrogen) atoms. The maximum Gasteiger partial charge on any atom is 0.304 e. The van der Waals surface area contributed by atoms with Gasteiger partial charge in [0.2, 0.25) is 5.95 Å². The lowest BCUT2D eigenvalue weighted by molar-refractivity contribution is -0.136. The summed E-state index contributed by atoms with van der Waals surface area (Å²) >= 11 is 0. The van der Waals surface area contributed by atoms with Crippen LogP contribution in [0.5, 0.6) is 5.75 Å². The maximum atomic E-state index is 12.4. The number of carbonyl (C=O) groups is 1. The minimum Gasteiger partial charge on any atom is -0.494 e. The van der Waals surface area contributed by atoms with Gasteiger partial charge in [0, 0.05) is 49.1 Å². The zero-order valence-corrected chi connectivity index (χ0v) is 24.3. The van der Waals surface area contributed by atoms with Crippen LogP contribution in [0.15, 0.2) is 71.6 Å². The summed E-state index contributed by atoms with van der Waals surface area (Å²) in [6.07, 6.45) is 3.14. The molecule has 0 aliphatic carbocycles. The Hall–Kier alpha value is -4.42. The van der Waals surface area contributed by atoms with Crippen molar-refractivity contribution in [3.63, 3.8) is 0 Å². The lowest BCUT2D eigenvalue weighted by atomic mass is 10.0.